The molecule has 0 saturated carbocycles. The number of hydrogen-bond acceptors (Lipinski definition) is 3. The molecule has 0 aliphatic rings. The minimum absolute atomic E-state index is 0.148. The quantitative estimate of drug-likeness (QED) is 0.167. The lowest BCUT2D eigenvalue weighted by molar-refractivity contribution is -0.861. The monoisotopic (exact) mass is 374 g/mol. The zero-order chi connectivity index (χ0) is 19.3. The lowest BCUT2D eigenvalue weighted by atomic mass is 10.1. The van der Waals surface area contributed by atoms with Crippen LogP contribution >= 0.6 is 7.77 Å². The summed E-state index contributed by atoms with van der Waals surface area (Å²) in [6.45, 7) is 6.13. The van der Waals surface area contributed by atoms with Crippen LogP contribution in [0.15, 0.2) is 12.2 Å². The number of nitrogens with zero attached hydrogens (tertiary/aromatic N) is 1. The normalized spacial score (nSPS) is 12.7. The molecule has 0 saturated heterocycles. The van der Waals surface area contributed by atoms with Crippen molar-refractivity contribution < 1.29 is 24.0 Å². The molecule has 0 fully saturated rings. The Morgan fingerprint density at radius 2 is 1.52 bits per heavy atom. The third-order valence-electron chi connectivity index (χ3n) is 3.74. The van der Waals surface area contributed by atoms with Crippen molar-refractivity contribution in [3.05, 3.63) is 12.2 Å². The van der Waals surface area contributed by atoms with Gasteiger partial charge in [-0.1, -0.05) is 38.7 Å². The van der Waals surface area contributed by atoms with Crippen LogP contribution in [0, 0.1) is 0 Å². The number of esters is 1. The highest BCUT2D eigenvalue weighted by Crippen LogP contribution is 2.18. The Labute approximate surface area is 154 Å². The molecular formula is C19H37NO4P+. The van der Waals surface area contributed by atoms with Crippen molar-refractivity contribution >= 4 is 19.2 Å². The van der Waals surface area contributed by atoms with Crippen LogP contribution in [0.25, 0.3) is 0 Å². The Bertz CT molecular complexity index is 441. The molecule has 0 aliphatic carbocycles. The lowest BCUT2D eigenvalue weighted by Crippen LogP contribution is -2.39. The van der Waals surface area contributed by atoms with Crippen LogP contribution in [0.3, 0.4) is 0 Å². The van der Waals surface area contributed by atoms with Gasteiger partial charge in [0, 0.05) is 5.57 Å². The van der Waals surface area contributed by atoms with Crippen LogP contribution in [-0.4, -0.2) is 61.5 Å². The molecule has 0 spiro atoms. The average molecular weight is 374 g/mol. The fraction of sp³-hybridized carbons (Fsp3) is 0.789. The van der Waals surface area contributed by atoms with Crippen LogP contribution in [-0.2, 0) is 9.53 Å². The van der Waals surface area contributed by atoms with E-state index in [2.05, 4.69) is 6.58 Å². The summed E-state index contributed by atoms with van der Waals surface area (Å²) in [5.41, 5.74) is 0.597. The van der Waals surface area contributed by atoms with Crippen molar-refractivity contribution in [3.8, 4) is 0 Å². The first kappa shape index (κ1) is 24.3. The molecule has 6 heteroatoms. The Balaban J connectivity index is 3.52. The topological polar surface area (TPSA) is 69.6 Å². The van der Waals surface area contributed by atoms with Gasteiger partial charge in [0.2, 0.25) is 0 Å². The maximum atomic E-state index is 12.0. The van der Waals surface area contributed by atoms with Crippen LogP contribution in [0.5, 0.6) is 0 Å². The first-order valence-electron chi connectivity index (χ1n) is 9.26. The van der Waals surface area contributed by atoms with Gasteiger partial charge in [0.05, 0.1) is 35.5 Å². The van der Waals surface area contributed by atoms with E-state index in [0.29, 0.717) is 29.4 Å². The van der Waals surface area contributed by atoms with Gasteiger partial charge in [-0.05, 0) is 26.2 Å². The first-order chi connectivity index (χ1) is 11.6. The van der Waals surface area contributed by atoms with Crippen LogP contribution in [0.2, 0.25) is 0 Å². The molecule has 0 radical (unpaired) electrons. The SMILES string of the molecule is C=C(C)C(=O)OCCCCCCCCCC/[P+]([O-])=C(\O)C[N+](C)(C)C. The summed E-state index contributed by atoms with van der Waals surface area (Å²) in [4.78, 5) is 23.1. The molecule has 0 aromatic heterocycles. The van der Waals surface area contributed by atoms with E-state index in [-0.39, 0.29) is 11.4 Å². The van der Waals surface area contributed by atoms with Gasteiger partial charge in [0.25, 0.3) is 5.48 Å². The fourth-order valence-electron chi connectivity index (χ4n) is 2.34. The number of quaternary nitrogens is 1. The first-order valence-corrected chi connectivity index (χ1v) is 10.7. The highest BCUT2D eigenvalue weighted by Gasteiger charge is 2.16. The Morgan fingerprint density at radius 1 is 1.04 bits per heavy atom. The van der Waals surface area contributed by atoms with Crippen molar-refractivity contribution in [2.45, 2.75) is 58.3 Å². The molecular weight excluding hydrogens is 337 g/mol. The van der Waals surface area contributed by atoms with Gasteiger partial charge in [0.15, 0.2) is 6.54 Å². The van der Waals surface area contributed by atoms with E-state index in [1.165, 1.54) is 12.8 Å². The smallest absolute Gasteiger partial charge is 0.333 e. The van der Waals surface area contributed by atoms with E-state index < -0.39 is 7.77 Å². The number of carbonyl (C=O) groups is 1. The van der Waals surface area contributed by atoms with Crippen LogP contribution < -0.4 is 4.89 Å². The van der Waals surface area contributed by atoms with Gasteiger partial charge in [-0.25, -0.2) is 4.79 Å². The molecule has 0 aromatic carbocycles. The second-order valence-electron chi connectivity index (χ2n) is 7.71. The van der Waals surface area contributed by atoms with Crippen molar-refractivity contribution in [1.82, 2.24) is 0 Å². The molecule has 1 unspecified atom stereocenters. The molecule has 0 heterocycles. The summed E-state index contributed by atoms with van der Waals surface area (Å²) in [5.74, 6) is -0.303. The maximum Gasteiger partial charge on any atom is 0.333 e. The van der Waals surface area contributed by atoms with Gasteiger partial charge in [0.1, 0.15) is 6.16 Å². The second-order valence-corrected chi connectivity index (χ2v) is 9.43. The molecule has 0 amide bonds. The summed E-state index contributed by atoms with van der Waals surface area (Å²) in [5, 5.41) is 9.84. The zero-order valence-corrected chi connectivity index (χ0v) is 17.4. The number of aliphatic hydroxyl groups excluding tert-OH is 1. The molecule has 5 nitrogen and oxygen atoms in total. The fourth-order valence-corrected chi connectivity index (χ4v) is 3.69. The summed E-state index contributed by atoms with van der Waals surface area (Å²) in [6.07, 6.45) is 9.19. The molecule has 1 N–H and O–H groups in total. The molecule has 146 valence electrons. The lowest BCUT2D eigenvalue weighted by Gasteiger charge is -2.22. The summed E-state index contributed by atoms with van der Waals surface area (Å²) in [6, 6.07) is 0. The van der Waals surface area contributed by atoms with Crippen molar-refractivity contribution in [2.75, 3.05) is 40.5 Å². The minimum Gasteiger partial charge on any atom is -0.629 e. The van der Waals surface area contributed by atoms with Crippen molar-refractivity contribution in [3.63, 3.8) is 0 Å². The molecule has 0 rings (SSSR count). The van der Waals surface area contributed by atoms with E-state index in [9.17, 15) is 14.8 Å². The number of unbranched alkanes of at least 4 members (excludes halogenated alkanes) is 7. The largest absolute Gasteiger partial charge is 0.629 e. The third-order valence-corrected chi connectivity index (χ3v) is 5.18. The summed E-state index contributed by atoms with van der Waals surface area (Å²) in [7, 11) is 4.34. The van der Waals surface area contributed by atoms with Crippen molar-refractivity contribution in [1.29, 1.82) is 0 Å². The molecule has 0 aromatic rings. The number of likely N-dealkylation sites (N-methyl/N-ethyl adjacent to an activating group) is 1. The molecule has 0 aliphatic heterocycles. The van der Waals surface area contributed by atoms with E-state index in [0.717, 1.165) is 38.5 Å². The maximum absolute atomic E-state index is 12.0. The second kappa shape index (κ2) is 13.5. The number of carbonyl (C=O) groups excluding carboxylic acids is 1. The Kier molecular flexibility index (Phi) is 13.1. The van der Waals surface area contributed by atoms with E-state index in [4.69, 9.17) is 4.74 Å². The third kappa shape index (κ3) is 15.2. The zero-order valence-electron chi connectivity index (χ0n) is 16.6. The molecule has 1 atom stereocenters. The highest BCUT2D eigenvalue weighted by atomic mass is 31.1. The number of aliphatic hydroxyl groups is 1. The van der Waals surface area contributed by atoms with Gasteiger partial charge >= 0.3 is 5.97 Å². The highest BCUT2D eigenvalue weighted by molar-refractivity contribution is 7.51. The minimum atomic E-state index is -1.59. The van der Waals surface area contributed by atoms with E-state index in [1.807, 2.05) is 21.1 Å². The van der Waals surface area contributed by atoms with E-state index in [1.54, 1.807) is 6.92 Å². The van der Waals surface area contributed by atoms with Crippen molar-refractivity contribution in [2.24, 2.45) is 0 Å². The summed E-state index contributed by atoms with van der Waals surface area (Å²) < 4.78 is 5.64. The Hall–Kier alpha value is -0.740. The van der Waals surface area contributed by atoms with Gasteiger partial charge in [-0.15, -0.1) is 0 Å². The average Bonchev–Trinajstić information content (AvgIpc) is 2.50. The summed E-state index contributed by atoms with van der Waals surface area (Å²) >= 11 is 0. The number of rotatable bonds is 14. The van der Waals surface area contributed by atoms with E-state index >= 15 is 0 Å². The van der Waals surface area contributed by atoms with Crippen LogP contribution in [0.1, 0.15) is 58.3 Å². The number of ether oxygens (including phenoxy) is 1. The standard InChI is InChI=1S/C19H36NO4P/c1-17(2)19(22)24-14-12-10-8-6-7-9-11-13-15-25(23)18(21)16-20(3,4)5/h1,6-16H2,2-5H3/p+1. The van der Waals surface area contributed by atoms with Gasteiger partial charge in [-0.2, -0.15) is 0 Å². The van der Waals surface area contributed by atoms with Crippen LogP contribution in [0.4, 0.5) is 0 Å². The van der Waals surface area contributed by atoms with Gasteiger partial charge in [-0.3, -0.25) is 0 Å². The predicted molar refractivity (Wildman–Crippen MR) is 104 cm³/mol. The van der Waals surface area contributed by atoms with Gasteiger partial charge < -0.3 is 19.2 Å². The molecule has 0 bridgehead atoms. The molecule has 25 heavy (non-hydrogen) atoms. The predicted octanol–water partition coefficient (Wildman–Crippen LogP) is 3.19. The Morgan fingerprint density at radius 3 is 2.00 bits per heavy atom. The number of hydrogen-bond donors (Lipinski definition) is 1.